The van der Waals surface area contributed by atoms with Crippen LogP contribution in [0.5, 0.6) is 0 Å². The van der Waals surface area contributed by atoms with Gasteiger partial charge in [-0.15, -0.1) is 0 Å². The third kappa shape index (κ3) is 3.74. The maximum absolute atomic E-state index is 9.64. The molecule has 4 heteroatoms. The van der Waals surface area contributed by atoms with Crippen LogP contribution < -0.4 is 0 Å². The quantitative estimate of drug-likeness (QED) is 0.846. The van der Waals surface area contributed by atoms with E-state index >= 15 is 0 Å². The van der Waals surface area contributed by atoms with Gasteiger partial charge in [0, 0.05) is 19.9 Å². The highest BCUT2D eigenvalue weighted by molar-refractivity contribution is 9.10. The lowest BCUT2D eigenvalue weighted by Gasteiger charge is -2.10. The van der Waals surface area contributed by atoms with Crippen molar-refractivity contribution < 1.29 is 9.63 Å². The molecule has 0 amide bonds. The van der Waals surface area contributed by atoms with E-state index < -0.39 is 5.85 Å². The Morgan fingerprint density at radius 3 is 3.00 bits per heavy atom. The van der Waals surface area contributed by atoms with Crippen LogP contribution in [0, 0.1) is 0 Å². The van der Waals surface area contributed by atoms with E-state index in [1.54, 1.807) is 0 Å². The number of aliphatic hydroxyl groups is 1. The van der Waals surface area contributed by atoms with Gasteiger partial charge in [0.25, 0.3) is 0 Å². The molecule has 1 aromatic carbocycles. The van der Waals surface area contributed by atoms with Crippen LogP contribution in [0.15, 0.2) is 28.7 Å². The molecule has 1 N–H and O–H groups in total. The molecule has 1 aromatic rings. The molecule has 1 rings (SSSR count). The van der Waals surface area contributed by atoms with E-state index in [1.165, 1.54) is 0 Å². The van der Waals surface area contributed by atoms with E-state index in [2.05, 4.69) is 15.9 Å². The first-order valence-electron chi connectivity index (χ1n) is 4.05. The van der Waals surface area contributed by atoms with Crippen molar-refractivity contribution in [1.29, 1.82) is 0 Å². The fourth-order valence-corrected chi connectivity index (χ4v) is 1.96. The molecule has 13 heavy (non-hydrogen) atoms. The van der Waals surface area contributed by atoms with Gasteiger partial charge in [-0.2, -0.15) is 0 Å². The van der Waals surface area contributed by atoms with Crippen molar-refractivity contribution in [2.24, 2.45) is 0 Å². The van der Waals surface area contributed by atoms with Crippen LogP contribution in [0.25, 0.3) is 0 Å². The molecule has 0 aromatic heterocycles. The normalized spacial score (nSPS) is 13.8. The molecule has 0 radical (unpaired) electrons. The van der Waals surface area contributed by atoms with Gasteiger partial charge < -0.3 is 9.63 Å². The summed E-state index contributed by atoms with van der Waals surface area (Å²) in [5.74, 6) is -0.502. The third-order valence-electron chi connectivity index (χ3n) is 1.50. The lowest BCUT2D eigenvalue weighted by atomic mass is 10.2. The summed E-state index contributed by atoms with van der Waals surface area (Å²) in [7, 11) is 0.115. The number of aliphatic hydroxyl groups excluding tert-OH is 1. The average molecular weight is 263 g/mol. The molecule has 2 unspecified atom stereocenters. The van der Waals surface area contributed by atoms with Crippen molar-refractivity contribution in [2.45, 2.75) is 12.8 Å². The van der Waals surface area contributed by atoms with Crippen molar-refractivity contribution in [1.82, 2.24) is 0 Å². The second-order valence-corrected chi connectivity index (χ2v) is 4.50. The molecule has 72 valence electrons. The molecule has 0 aliphatic heterocycles. The van der Waals surface area contributed by atoms with E-state index in [4.69, 9.17) is 4.52 Å². The Hall–Kier alpha value is 0.0500. The Morgan fingerprint density at radius 2 is 2.38 bits per heavy atom. The van der Waals surface area contributed by atoms with Crippen molar-refractivity contribution in [2.75, 3.05) is 6.61 Å². The van der Waals surface area contributed by atoms with E-state index in [1.807, 2.05) is 31.2 Å². The minimum absolute atomic E-state index is 0.115. The molecule has 0 aliphatic carbocycles. The zero-order valence-electron chi connectivity index (χ0n) is 7.33. The largest absolute Gasteiger partial charge is 0.382 e. The van der Waals surface area contributed by atoms with Crippen LogP contribution in [0.2, 0.25) is 0 Å². The van der Waals surface area contributed by atoms with Gasteiger partial charge in [-0.25, -0.2) is 0 Å². The van der Waals surface area contributed by atoms with E-state index in [-0.39, 0.29) is 8.81 Å². The second-order valence-electron chi connectivity index (χ2n) is 2.51. The Labute approximate surface area is 88.3 Å². The molecule has 2 nitrogen and oxygen atoms in total. The summed E-state index contributed by atoms with van der Waals surface area (Å²) < 4.78 is 6.13. The van der Waals surface area contributed by atoms with Gasteiger partial charge in [-0.3, -0.25) is 0 Å². The summed E-state index contributed by atoms with van der Waals surface area (Å²) in [6.07, 6.45) is 0. The molecule has 0 saturated carbocycles. The number of rotatable bonds is 4. The molecule has 0 aliphatic rings. The maximum Gasteiger partial charge on any atom is 0.120 e. The summed E-state index contributed by atoms with van der Waals surface area (Å²) in [5, 5.41) is 9.64. The molecular formula is C9H12BrO2P. The lowest BCUT2D eigenvalue weighted by molar-refractivity contribution is 0.244. The molecule has 0 fully saturated rings. The monoisotopic (exact) mass is 262 g/mol. The van der Waals surface area contributed by atoms with Crippen LogP contribution in [-0.2, 0) is 4.52 Å². The molecule has 0 bridgehead atoms. The summed E-state index contributed by atoms with van der Waals surface area (Å²) >= 11 is 3.35. The highest BCUT2D eigenvalue weighted by atomic mass is 79.9. The van der Waals surface area contributed by atoms with Gasteiger partial charge in [0.15, 0.2) is 0 Å². The molecule has 0 saturated heterocycles. The fraction of sp³-hybridized carbons (Fsp3) is 0.333. The van der Waals surface area contributed by atoms with Crippen molar-refractivity contribution >= 4 is 24.7 Å². The van der Waals surface area contributed by atoms with Gasteiger partial charge in [-0.1, -0.05) is 28.1 Å². The molecule has 0 heterocycles. The highest BCUT2D eigenvalue weighted by Gasteiger charge is 2.06. The van der Waals surface area contributed by atoms with Gasteiger partial charge in [-0.05, 0) is 24.6 Å². The molecular weight excluding hydrogens is 251 g/mol. The van der Waals surface area contributed by atoms with Crippen LogP contribution >= 0.6 is 24.7 Å². The number of benzene rings is 1. The Bertz CT molecular complexity index is 268. The van der Waals surface area contributed by atoms with Crippen molar-refractivity contribution in [3.8, 4) is 0 Å². The van der Waals surface area contributed by atoms with E-state index in [0.29, 0.717) is 6.61 Å². The van der Waals surface area contributed by atoms with Crippen molar-refractivity contribution in [3.63, 3.8) is 0 Å². The smallest absolute Gasteiger partial charge is 0.120 e. The van der Waals surface area contributed by atoms with Gasteiger partial charge in [0.1, 0.15) is 5.85 Å². The van der Waals surface area contributed by atoms with E-state index in [0.717, 1.165) is 10.0 Å². The van der Waals surface area contributed by atoms with Crippen LogP contribution in [0.3, 0.4) is 0 Å². The first-order valence-corrected chi connectivity index (χ1v) is 5.82. The Balaban J connectivity index is 2.60. The fourth-order valence-electron chi connectivity index (χ4n) is 0.907. The Morgan fingerprint density at radius 1 is 1.62 bits per heavy atom. The maximum atomic E-state index is 9.64. The van der Waals surface area contributed by atoms with E-state index in [9.17, 15) is 5.11 Å². The summed E-state index contributed by atoms with van der Waals surface area (Å²) in [5.41, 5.74) is 0.890. The Kier molecular flexibility index (Phi) is 4.89. The van der Waals surface area contributed by atoms with Gasteiger partial charge in [0.05, 0.1) is 0 Å². The van der Waals surface area contributed by atoms with Crippen LogP contribution in [0.1, 0.15) is 18.3 Å². The average Bonchev–Trinajstić information content (AvgIpc) is 2.14. The molecule has 2 atom stereocenters. The summed E-state index contributed by atoms with van der Waals surface area (Å²) in [6.45, 7) is 2.56. The van der Waals surface area contributed by atoms with Crippen LogP contribution in [-0.4, -0.2) is 11.7 Å². The number of hydrogen-bond acceptors (Lipinski definition) is 2. The van der Waals surface area contributed by atoms with Gasteiger partial charge in [0.2, 0.25) is 0 Å². The zero-order chi connectivity index (χ0) is 9.68. The first-order chi connectivity index (χ1) is 6.24. The predicted molar refractivity (Wildman–Crippen MR) is 59.0 cm³/mol. The highest BCUT2D eigenvalue weighted by Crippen LogP contribution is 2.33. The van der Waals surface area contributed by atoms with Gasteiger partial charge >= 0.3 is 0 Å². The first kappa shape index (κ1) is 11.1. The second kappa shape index (κ2) is 5.71. The van der Waals surface area contributed by atoms with Crippen molar-refractivity contribution in [3.05, 3.63) is 34.3 Å². The lowest BCUT2D eigenvalue weighted by Crippen LogP contribution is -1.91. The topological polar surface area (TPSA) is 29.5 Å². The minimum atomic E-state index is -0.502. The standard InChI is InChI=1S/C9H12BrO2P/c1-2-12-13-9(11)7-4-3-5-8(10)6-7/h3-6,9,11,13H,2H2,1H3. The SMILES string of the molecule is CCOPC(O)c1cccc(Br)c1. The summed E-state index contributed by atoms with van der Waals surface area (Å²) in [6, 6.07) is 7.62. The molecule has 0 spiro atoms. The third-order valence-corrected chi connectivity index (χ3v) is 3.01. The minimum Gasteiger partial charge on any atom is -0.382 e. The zero-order valence-corrected chi connectivity index (χ0v) is 9.91. The van der Waals surface area contributed by atoms with Crippen LogP contribution in [0.4, 0.5) is 0 Å². The predicted octanol–water partition coefficient (Wildman–Crippen LogP) is 3.07. The number of hydrogen-bond donors (Lipinski definition) is 1. The summed E-state index contributed by atoms with van der Waals surface area (Å²) in [4.78, 5) is 0. The number of halogens is 1.